The van der Waals surface area contributed by atoms with E-state index in [1.165, 1.54) is 5.57 Å². The largest absolute Gasteiger partial charge is 0.489 e. The SMILES string of the molecule is C=CCOCC(COc1c2c(c(OCC(COCC=C)OC(=O)C(=C)C)c3ccccc13)CC(C)=CC2)OC(=O)C(=C)C. The third-order valence-corrected chi connectivity index (χ3v) is 6.59. The van der Waals surface area contributed by atoms with Gasteiger partial charge in [0.25, 0.3) is 0 Å². The van der Waals surface area contributed by atoms with Crippen LogP contribution in [0.1, 0.15) is 31.9 Å². The van der Waals surface area contributed by atoms with E-state index in [1.54, 1.807) is 26.0 Å². The van der Waals surface area contributed by atoms with Gasteiger partial charge in [0.1, 0.15) is 24.7 Å². The van der Waals surface area contributed by atoms with Crippen LogP contribution >= 0.6 is 0 Å². The average molecular weight is 591 g/mol. The second-order valence-electron chi connectivity index (χ2n) is 10.5. The van der Waals surface area contributed by atoms with Crippen LogP contribution in [0.5, 0.6) is 11.5 Å². The Hall–Kier alpha value is -4.14. The highest BCUT2D eigenvalue weighted by molar-refractivity contribution is 5.96. The maximum Gasteiger partial charge on any atom is 0.333 e. The number of rotatable bonds is 18. The molecule has 0 saturated heterocycles. The predicted molar refractivity (Wildman–Crippen MR) is 168 cm³/mol. The molecule has 43 heavy (non-hydrogen) atoms. The zero-order valence-corrected chi connectivity index (χ0v) is 25.4. The van der Waals surface area contributed by atoms with Gasteiger partial charge in [0.05, 0.1) is 26.4 Å². The first-order valence-corrected chi connectivity index (χ1v) is 14.2. The van der Waals surface area contributed by atoms with E-state index in [9.17, 15) is 9.59 Å². The molecular weight excluding hydrogens is 548 g/mol. The Kier molecular flexibility index (Phi) is 12.8. The van der Waals surface area contributed by atoms with Crippen molar-refractivity contribution in [1.29, 1.82) is 0 Å². The Labute approximate surface area is 254 Å². The molecule has 230 valence electrons. The summed E-state index contributed by atoms with van der Waals surface area (Å²) < 4.78 is 35.3. The first kappa shape index (κ1) is 33.4. The van der Waals surface area contributed by atoms with Crippen LogP contribution in [0.3, 0.4) is 0 Å². The van der Waals surface area contributed by atoms with Crippen molar-refractivity contribution in [2.45, 2.75) is 45.8 Å². The number of allylic oxidation sites excluding steroid dienone is 2. The third-order valence-electron chi connectivity index (χ3n) is 6.59. The Morgan fingerprint density at radius 1 is 0.791 bits per heavy atom. The predicted octanol–water partition coefficient (Wildman–Crippen LogP) is 6.02. The number of hydrogen-bond donors (Lipinski definition) is 0. The van der Waals surface area contributed by atoms with E-state index < -0.39 is 24.1 Å². The minimum absolute atomic E-state index is 0.0784. The fourth-order valence-electron chi connectivity index (χ4n) is 4.49. The van der Waals surface area contributed by atoms with Crippen LogP contribution in [-0.4, -0.2) is 63.8 Å². The summed E-state index contributed by atoms with van der Waals surface area (Å²) in [4.78, 5) is 24.6. The zero-order valence-electron chi connectivity index (χ0n) is 25.4. The minimum atomic E-state index is -0.658. The fraction of sp³-hybridized carbons (Fsp3) is 0.371. The average Bonchev–Trinajstić information content (AvgIpc) is 2.98. The molecule has 2 atom stereocenters. The first-order valence-electron chi connectivity index (χ1n) is 14.2. The van der Waals surface area contributed by atoms with Crippen LogP contribution < -0.4 is 9.47 Å². The molecule has 8 heteroatoms. The molecule has 0 aliphatic heterocycles. The van der Waals surface area contributed by atoms with Crippen LogP contribution in [0.25, 0.3) is 10.8 Å². The highest BCUT2D eigenvalue weighted by atomic mass is 16.6. The Balaban J connectivity index is 1.96. The topological polar surface area (TPSA) is 89.5 Å². The Morgan fingerprint density at radius 2 is 1.26 bits per heavy atom. The summed E-state index contributed by atoms with van der Waals surface area (Å²) in [6.07, 6.45) is 5.41. The van der Waals surface area contributed by atoms with Gasteiger partial charge in [-0.05, 0) is 33.6 Å². The van der Waals surface area contributed by atoms with Gasteiger partial charge >= 0.3 is 11.9 Å². The standard InChI is InChI=1S/C35H42O8/c1-8-16-38-19-26(42-34(36)23(3)4)21-40-32-28-12-10-11-13-29(28)33(31-18-25(7)14-15-30(31)32)41-22-27(20-39-17-9-2)43-35(37)24(5)6/h8-14,26-27H,1-3,5,15-22H2,4,6-7H3. The van der Waals surface area contributed by atoms with Gasteiger partial charge in [-0.2, -0.15) is 0 Å². The summed E-state index contributed by atoms with van der Waals surface area (Å²) in [7, 11) is 0. The molecule has 0 saturated carbocycles. The van der Waals surface area contributed by atoms with Gasteiger partial charge < -0.3 is 28.4 Å². The van der Waals surface area contributed by atoms with Crippen molar-refractivity contribution in [3.05, 3.63) is 96.7 Å². The number of carbonyl (C=O) groups is 2. The highest BCUT2D eigenvalue weighted by Crippen LogP contribution is 2.44. The summed E-state index contributed by atoms with van der Waals surface area (Å²) in [6.45, 7) is 21.0. The summed E-state index contributed by atoms with van der Waals surface area (Å²) >= 11 is 0. The van der Waals surface area contributed by atoms with Crippen molar-refractivity contribution >= 4 is 22.7 Å². The number of carbonyl (C=O) groups excluding carboxylic acids is 2. The molecule has 0 fully saturated rings. The quantitative estimate of drug-likeness (QED) is 0.0901. The van der Waals surface area contributed by atoms with E-state index in [-0.39, 0.29) is 26.4 Å². The molecule has 2 aromatic carbocycles. The van der Waals surface area contributed by atoms with Gasteiger partial charge in [0.15, 0.2) is 12.2 Å². The molecule has 0 aromatic heterocycles. The van der Waals surface area contributed by atoms with Crippen molar-refractivity contribution in [2.24, 2.45) is 0 Å². The summed E-state index contributed by atoms with van der Waals surface area (Å²) in [5.41, 5.74) is 3.75. The molecule has 0 radical (unpaired) electrons. The van der Waals surface area contributed by atoms with Crippen LogP contribution in [0.15, 0.2) is 85.5 Å². The number of hydrogen-bond acceptors (Lipinski definition) is 8. The molecule has 0 bridgehead atoms. The van der Waals surface area contributed by atoms with Gasteiger partial charge in [0.2, 0.25) is 0 Å². The monoisotopic (exact) mass is 590 g/mol. The van der Waals surface area contributed by atoms with Crippen LogP contribution in [0.2, 0.25) is 0 Å². The first-order chi connectivity index (χ1) is 20.7. The van der Waals surface area contributed by atoms with Gasteiger partial charge in [-0.15, -0.1) is 13.2 Å². The molecule has 0 N–H and O–H groups in total. The molecule has 1 aliphatic carbocycles. The van der Waals surface area contributed by atoms with Crippen molar-refractivity contribution < 1.29 is 38.0 Å². The van der Waals surface area contributed by atoms with Crippen molar-refractivity contribution in [2.75, 3.05) is 39.6 Å². The number of fused-ring (bicyclic) bond motifs is 2. The van der Waals surface area contributed by atoms with E-state index >= 15 is 0 Å². The van der Waals surface area contributed by atoms with E-state index in [0.29, 0.717) is 48.7 Å². The molecule has 0 amide bonds. The van der Waals surface area contributed by atoms with Gasteiger partial charge in [-0.25, -0.2) is 9.59 Å². The number of esters is 2. The summed E-state index contributed by atoms with van der Waals surface area (Å²) in [5.74, 6) is 0.375. The zero-order chi connectivity index (χ0) is 31.4. The second kappa shape index (κ2) is 16.5. The molecule has 1 aliphatic rings. The molecule has 8 nitrogen and oxygen atoms in total. The van der Waals surface area contributed by atoms with Crippen molar-refractivity contribution in [3.63, 3.8) is 0 Å². The maximum absolute atomic E-state index is 12.3. The molecular formula is C35H42O8. The lowest BCUT2D eigenvalue weighted by molar-refractivity contribution is -0.149. The summed E-state index contributed by atoms with van der Waals surface area (Å²) in [6, 6.07) is 7.81. The number of benzene rings is 2. The van der Waals surface area contributed by atoms with Crippen molar-refractivity contribution in [3.8, 4) is 11.5 Å². The van der Waals surface area contributed by atoms with Crippen LogP contribution in [0, 0.1) is 0 Å². The lowest BCUT2D eigenvalue weighted by Gasteiger charge is -2.27. The van der Waals surface area contributed by atoms with E-state index in [4.69, 9.17) is 28.4 Å². The molecule has 2 unspecified atom stereocenters. The second-order valence-corrected chi connectivity index (χ2v) is 10.5. The molecule has 0 heterocycles. The molecule has 3 rings (SSSR count). The van der Waals surface area contributed by atoms with E-state index in [0.717, 1.165) is 21.9 Å². The Morgan fingerprint density at radius 3 is 1.70 bits per heavy atom. The smallest absolute Gasteiger partial charge is 0.333 e. The highest BCUT2D eigenvalue weighted by Gasteiger charge is 2.26. The third kappa shape index (κ3) is 9.43. The minimum Gasteiger partial charge on any atom is -0.489 e. The van der Waals surface area contributed by atoms with Gasteiger partial charge in [-0.1, -0.05) is 61.2 Å². The van der Waals surface area contributed by atoms with Crippen LogP contribution in [-0.2, 0) is 41.4 Å². The molecule has 0 spiro atoms. The van der Waals surface area contributed by atoms with Gasteiger partial charge in [-0.3, -0.25) is 0 Å². The van der Waals surface area contributed by atoms with Gasteiger partial charge in [0, 0.05) is 33.0 Å². The van der Waals surface area contributed by atoms with E-state index in [1.807, 2.05) is 24.3 Å². The number of ether oxygens (including phenoxy) is 6. The molecule has 2 aromatic rings. The summed E-state index contributed by atoms with van der Waals surface area (Å²) in [5, 5.41) is 1.70. The van der Waals surface area contributed by atoms with Crippen molar-refractivity contribution in [1.82, 2.24) is 0 Å². The maximum atomic E-state index is 12.3. The lowest BCUT2D eigenvalue weighted by atomic mass is 9.87. The Bertz CT molecular complexity index is 1390. The van der Waals surface area contributed by atoms with Crippen LogP contribution in [0.4, 0.5) is 0 Å². The lowest BCUT2D eigenvalue weighted by Crippen LogP contribution is -2.31. The normalized spacial score (nSPS) is 13.6. The van der Waals surface area contributed by atoms with E-state index in [2.05, 4.69) is 39.3 Å². The fourth-order valence-corrected chi connectivity index (χ4v) is 4.49.